The molecule has 0 saturated carbocycles. The van der Waals surface area contributed by atoms with Crippen LogP contribution in [0.25, 0.3) is 0 Å². The number of nitrogens with one attached hydrogen (secondary N) is 1. The van der Waals surface area contributed by atoms with Crippen molar-refractivity contribution in [2.75, 3.05) is 19.5 Å². The van der Waals surface area contributed by atoms with Crippen LogP contribution >= 0.6 is 0 Å². The number of carbonyl (C=O) groups excluding carboxylic acids is 2. The predicted molar refractivity (Wildman–Crippen MR) is 63.1 cm³/mol. The van der Waals surface area contributed by atoms with Gasteiger partial charge in [-0.3, -0.25) is 4.79 Å². The fraction of sp³-hybridized carbons (Fsp3) is 0.333. The van der Waals surface area contributed by atoms with Gasteiger partial charge in [0.2, 0.25) is 0 Å². The third kappa shape index (κ3) is 2.96. The van der Waals surface area contributed by atoms with Gasteiger partial charge in [0.05, 0.1) is 19.9 Å². The lowest BCUT2D eigenvalue weighted by Gasteiger charge is -2.12. The zero-order valence-corrected chi connectivity index (χ0v) is 10.3. The van der Waals surface area contributed by atoms with Crippen molar-refractivity contribution in [2.24, 2.45) is 0 Å². The molecular formula is C12H15NO4. The average molecular weight is 237 g/mol. The molecule has 0 saturated heterocycles. The van der Waals surface area contributed by atoms with Crippen LogP contribution in [0.3, 0.4) is 0 Å². The smallest absolute Gasteiger partial charge is 0.396 e. The minimum Gasteiger partial charge on any atom is -0.495 e. The van der Waals surface area contributed by atoms with Crippen molar-refractivity contribution >= 4 is 17.6 Å². The Morgan fingerprint density at radius 2 is 1.71 bits per heavy atom. The van der Waals surface area contributed by atoms with Gasteiger partial charge >= 0.3 is 11.9 Å². The maximum Gasteiger partial charge on any atom is 0.396 e. The van der Waals surface area contributed by atoms with Gasteiger partial charge in [-0.15, -0.1) is 0 Å². The normalized spacial score (nSPS) is 9.65. The summed E-state index contributed by atoms with van der Waals surface area (Å²) < 4.78 is 9.45. The number of anilines is 1. The summed E-state index contributed by atoms with van der Waals surface area (Å²) in [6.45, 7) is 3.84. The lowest BCUT2D eigenvalue weighted by molar-refractivity contribution is -0.150. The van der Waals surface area contributed by atoms with Crippen molar-refractivity contribution in [3.63, 3.8) is 0 Å². The summed E-state index contributed by atoms with van der Waals surface area (Å²) in [5.74, 6) is -1.26. The first kappa shape index (κ1) is 13.0. The number of hydrogen-bond donors (Lipinski definition) is 1. The zero-order valence-electron chi connectivity index (χ0n) is 10.3. The fourth-order valence-electron chi connectivity index (χ4n) is 1.32. The quantitative estimate of drug-likeness (QED) is 0.624. The van der Waals surface area contributed by atoms with E-state index < -0.39 is 11.9 Å². The SMILES string of the molecule is COC(=O)C(=O)Nc1cc(C)c(C)cc1OC. The number of carbonyl (C=O) groups is 2. The molecule has 1 amide bonds. The molecule has 1 rings (SSSR count). The molecule has 0 unspecified atom stereocenters. The Morgan fingerprint density at radius 3 is 2.24 bits per heavy atom. The maximum atomic E-state index is 11.4. The van der Waals surface area contributed by atoms with Crippen LogP contribution in [0.1, 0.15) is 11.1 Å². The standard InChI is InChI=1S/C12H15NO4/c1-7-5-9(10(16-3)6-8(7)2)13-11(14)12(15)17-4/h5-6H,1-4H3,(H,13,14). The molecule has 0 fully saturated rings. The van der Waals surface area contributed by atoms with E-state index in [1.165, 1.54) is 7.11 Å². The van der Waals surface area contributed by atoms with Crippen LogP contribution in [-0.4, -0.2) is 26.1 Å². The van der Waals surface area contributed by atoms with Crippen molar-refractivity contribution in [3.05, 3.63) is 23.3 Å². The number of methoxy groups -OCH3 is 2. The third-order valence-electron chi connectivity index (χ3n) is 2.43. The summed E-state index contributed by atoms with van der Waals surface area (Å²) >= 11 is 0. The molecule has 0 aliphatic rings. The summed E-state index contributed by atoms with van der Waals surface area (Å²) in [5, 5.41) is 2.44. The highest BCUT2D eigenvalue weighted by atomic mass is 16.5. The van der Waals surface area contributed by atoms with Crippen LogP contribution in [0.15, 0.2) is 12.1 Å². The third-order valence-corrected chi connectivity index (χ3v) is 2.43. The molecular weight excluding hydrogens is 222 g/mol. The number of aryl methyl sites for hydroxylation is 2. The van der Waals surface area contributed by atoms with E-state index in [-0.39, 0.29) is 0 Å². The highest BCUT2D eigenvalue weighted by Crippen LogP contribution is 2.27. The second-order valence-corrected chi connectivity index (χ2v) is 3.58. The molecule has 0 aromatic heterocycles. The van der Waals surface area contributed by atoms with E-state index in [2.05, 4.69) is 10.1 Å². The van der Waals surface area contributed by atoms with Gasteiger partial charge < -0.3 is 14.8 Å². The Bertz CT molecular complexity index is 454. The molecule has 5 heteroatoms. The monoisotopic (exact) mass is 237 g/mol. The first-order chi connectivity index (χ1) is 7.99. The van der Waals surface area contributed by atoms with Crippen LogP contribution in [0.4, 0.5) is 5.69 Å². The Morgan fingerprint density at radius 1 is 1.12 bits per heavy atom. The average Bonchev–Trinajstić information content (AvgIpc) is 2.32. The molecule has 0 atom stereocenters. The molecule has 1 aromatic rings. The van der Waals surface area contributed by atoms with Gasteiger partial charge in [0.25, 0.3) is 0 Å². The highest BCUT2D eigenvalue weighted by Gasteiger charge is 2.16. The topological polar surface area (TPSA) is 64.6 Å². The summed E-state index contributed by atoms with van der Waals surface area (Å²) in [4.78, 5) is 22.4. The summed E-state index contributed by atoms with van der Waals surface area (Å²) in [7, 11) is 2.65. The molecule has 0 heterocycles. The van der Waals surface area contributed by atoms with E-state index in [0.29, 0.717) is 11.4 Å². The van der Waals surface area contributed by atoms with Crippen LogP contribution in [0, 0.1) is 13.8 Å². The number of benzene rings is 1. The minimum atomic E-state index is -0.940. The minimum absolute atomic E-state index is 0.450. The van der Waals surface area contributed by atoms with E-state index in [0.717, 1.165) is 18.2 Å². The van der Waals surface area contributed by atoms with Crippen LogP contribution in [-0.2, 0) is 14.3 Å². The van der Waals surface area contributed by atoms with Crippen molar-refractivity contribution in [2.45, 2.75) is 13.8 Å². The highest BCUT2D eigenvalue weighted by molar-refractivity contribution is 6.37. The Labute approximate surface area is 99.7 Å². The number of ether oxygens (including phenoxy) is 2. The van der Waals surface area contributed by atoms with E-state index >= 15 is 0 Å². The predicted octanol–water partition coefficient (Wildman–Crippen LogP) is 1.42. The fourth-order valence-corrected chi connectivity index (χ4v) is 1.32. The lowest BCUT2D eigenvalue weighted by atomic mass is 10.1. The number of amides is 1. The molecule has 0 bridgehead atoms. The Balaban J connectivity index is 3.01. The van der Waals surface area contributed by atoms with Crippen LogP contribution in [0.5, 0.6) is 5.75 Å². The molecule has 0 aliphatic heterocycles. The zero-order chi connectivity index (χ0) is 13.0. The van der Waals surface area contributed by atoms with Gasteiger partial charge in [0.15, 0.2) is 0 Å². The maximum absolute atomic E-state index is 11.4. The summed E-state index contributed by atoms with van der Waals surface area (Å²) in [6, 6.07) is 3.54. The van der Waals surface area contributed by atoms with Gasteiger partial charge in [-0.2, -0.15) is 0 Å². The van der Waals surface area contributed by atoms with E-state index in [1.54, 1.807) is 12.1 Å². The summed E-state index contributed by atoms with van der Waals surface area (Å²) in [6.07, 6.45) is 0. The second kappa shape index (κ2) is 5.34. The van der Waals surface area contributed by atoms with Gasteiger partial charge in [-0.25, -0.2) is 4.79 Å². The van der Waals surface area contributed by atoms with E-state index in [4.69, 9.17) is 4.74 Å². The molecule has 5 nitrogen and oxygen atoms in total. The Kier molecular flexibility index (Phi) is 4.09. The van der Waals surface area contributed by atoms with Crippen molar-refractivity contribution in [3.8, 4) is 5.75 Å². The molecule has 92 valence electrons. The molecule has 1 N–H and O–H groups in total. The van der Waals surface area contributed by atoms with E-state index in [9.17, 15) is 9.59 Å². The lowest BCUT2D eigenvalue weighted by Crippen LogP contribution is -2.24. The molecule has 1 aromatic carbocycles. The number of esters is 1. The molecule has 0 aliphatic carbocycles. The number of rotatable bonds is 2. The number of hydrogen-bond acceptors (Lipinski definition) is 4. The van der Waals surface area contributed by atoms with Crippen molar-refractivity contribution < 1.29 is 19.1 Å². The summed E-state index contributed by atoms with van der Waals surface area (Å²) in [5.41, 5.74) is 2.48. The molecule has 0 spiro atoms. The molecule has 17 heavy (non-hydrogen) atoms. The van der Waals surface area contributed by atoms with Crippen LogP contribution < -0.4 is 10.1 Å². The van der Waals surface area contributed by atoms with Crippen LogP contribution in [0.2, 0.25) is 0 Å². The van der Waals surface area contributed by atoms with Gasteiger partial charge in [-0.1, -0.05) is 0 Å². The largest absolute Gasteiger partial charge is 0.495 e. The van der Waals surface area contributed by atoms with Crippen molar-refractivity contribution in [1.82, 2.24) is 0 Å². The van der Waals surface area contributed by atoms with E-state index in [1.807, 2.05) is 13.8 Å². The Hall–Kier alpha value is -2.04. The second-order valence-electron chi connectivity index (χ2n) is 3.58. The first-order valence-electron chi connectivity index (χ1n) is 5.04. The van der Waals surface area contributed by atoms with Gasteiger partial charge in [0, 0.05) is 0 Å². The van der Waals surface area contributed by atoms with Gasteiger partial charge in [0.1, 0.15) is 5.75 Å². The van der Waals surface area contributed by atoms with Gasteiger partial charge in [-0.05, 0) is 37.1 Å². The first-order valence-corrected chi connectivity index (χ1v) is 5.04. The van der Waals surface area contributed by atoms with Crippen molar-refractivity contribution in [1.29, 1.82) is 0 Å². The molecule has 0 radical (unpaired) electrons.